The van der Waals surface area contributed by atoms with Crippen molar-refractivity contribution in [2.75, 3.05) is 6.66 Å². The summed E-state index contributed by atoms with van der Waals surface area (Å²) in [4.78, 5) is 0. The fraction of sp³-hybridized carbons (Fsp3) is 0.500. The maximum Gasteiger partial charge on any atom is 0.218 e. The normalized spacial score (nSPS) is 22.3. The summed E-state index contributed by atoms with van der Waals surface area (Å²) in [5.74, 6) is 0. The predicted molar refractivity (Wildman–Crippen MR) is 106 cm³/mol. The molecule has 0 spiro atoms. The van der Waals surface area contributed by atoms with Crippen molar-refractivity contribution in [3.05, 3.63) is 44.6 Å². The molecule has 3 heteroatoms. The highest BCUT2D eigenvalue weighted by atomic mass is 31.2. The maximum atomic E-state index is 14.3. The van der Waals surface area contributed by atoms with Crippen LogP contribution in [0.5, 0.6) is 0 Å². The Morgan fingerprint density at radius 3 is 2.08 bits per heavy atom. The van der Waals surface area contributed by atoms with Gasteiger partial charge in [-0.3, -0.25) is 0 Å². The standard InChI is InChI=1S/C22H29NOP/c1-11-13(3)17-10-23-16(6)12(2)14(4)19-20(23)18(17)21(15(11)5)25(9,24)22(19,7)8/h10H2,1-9H3/q+1. The molecule has 0 fully saturated rings. The lowest BCUT2D eigenvalue weighted by atomic mass is 9.86. The SMILES string of the molecule is Cc1c(C)c2c3c(c1C)P(C)(=O)C(C)(C)c1c(C)c(C)c(C)[n+](c1-3)C2. The van der Waals surface area contributed by atoms with Crippen LogP contribution in [0.25, 0.3) is 11.3 Å². The van der Waals surface area contributed by atoms with E-state index >= 15 is 0 Å². The second-order valence-electron chi connectivity index (χ2n) is 8.71. The van der Waals surface area contributed by atoms with Gasteiger partial charge in [0.25, 0.3) is 0 Å². The lowest BCUT2D eigenvalue weighted by Gasteiger charge is -2.40. The van der Waals surface area contributed by atoms with Crippen molar-refractivity contribution in [2.24, 2.45) is 0 Å². The molecule has 2 aliphatic heterocycles. The summed E-state index contributed by atoms with van der Waals surface area (Å²) in [7, 11) is -2.57. The molecule has 0 bridgehead atoms. The smallest absolute Gasteiger partial charge is 0.218 e. The molecule has 0 N–H and O–H groups in total. The number of hydrogen-bond donors (Lipinski definition) is 0. The molecule has 0 radical (unpaired) electrons. The number of benzene rings is 1. The summed E-state index contributed by atoms with van der Waals surface area (Å²) in [5.41, 5.74) is 13.3. The van der Waals surface area contributed by atoms with Gasteiger partial charge >= 0.3 is 0 Å². The molecule has 1 aromatic carbocycles. The van der Waals surface area contributed by atoms with E-state index in [0.29, 0.717) is 0 Å². The summed E-state index contributed by atoms with van der Waals surface area (Å²) in [6, 6.07) is 0. The van der Waals surface area contributed by atoms with Crippen LogP contribution in [0, 0.1) is 41.5 Å². The van der Waals surface area contributed by atoms with Crippen molar-refractivity contribution >= 4 is 12.4 Å². The summed E-state index contributed by atoms with van der Waals surface area (Å²) in [6.45, 7) is 20.6. The van der Waals surface area contributed by atoms with Crippen molar-refractivity contribution in [1.29, 1.82) is 0 Å². The fourth-order valence-corrected chi connectivity index (χ4v) is 7.92. The summed E-state index contributed by atoms with van der Waals surface area (Å²) < 4.78 is 16.8. The van der Waals surface area contributed by atoms with Crippen molar-refractivity contribution in [3.63, 3.8) is 0 Å². The van der Waals surface area contributed by atoms with Crippen LogP contribution >= 0.6 is 7.14 Å². The Bertz CT molecular complexity index is 1040. The van der Waals surface area contributed by atoms with Gasteiger partial charge in [0.1, 0.15) is 7.14 Å². The van der Waals surface area contributed by atoms with Crippen molar-refractivity contribution in [2.45, 2.75) is 67.1 Å². The van der Waals surface area contributed by atoms with Gasteiger partial charge in [-0.15, -0.1) is 0 Å². The van der Waals surface area contributed by atoms with Gasteiger partial charge in [0, 0.05) is 28.9 Å². The van der Waals surface area contributed by atoms with E-state index in [1.807, 2.05) is 6.66 Å². The summed E-state index contributed by atoms with van der Waals surface area (Å²) >= 11 is 0. The van der Waals surface area contributed by atoms with Crippen LogP contribution in [0.4, 0.5) is 0 Å². The molecular formula is C22H29NOP+. The van der Waals surface area contributed by atoms with Gasteiger partial charge in [0.05, 0.1) is 10.7 Å². The zero-order valence-electron chi connectivity index (χ0n) is 17.0. The first-order chi connectivity index (χ1) is 11.4. The van der Waals surface area contributed by atoms with Gasteiger partial charge in [0.15, 0.2) is 12.2 Å². The van der Waals surface area contributed by atoms with Gasteiger partial charge in [0.2, 0.25) is 5.69 Å². The topological polar surface area (TPSA) is 20.9 Å². The molecule has 4 rings (SSSR count). The van der Waals surface area contributed by atoms with Crippen molar-refractivity contribution in [3.8, 4) is 11.3 Å². The van der Waals surface area contributed by atoms with Gasteiger partial charge in [-0.2, -0.15) is 4.57 Å². The fourth-order valence-electron chi connectivity index (χ4n) is 5.19. The Morgan fingerprint density at radius 2 is 1.48 bits per heavy atom. The van der Waals surface area contributed by atoms with E-state index < -0.39 is 7.14 Å². The molecular weight excluding hydrogens is 325 g/mol. The Hall–Kier alpha value is -1.40. The van der Waals surface area contributed by atoms with Gasteiger partial charge in [-0.05, 0) is 77.4 Å². The van der Waals surface area contributed by atoms with E-state index in [1.54, 1.807) is 0 Å². The van der Waals surface area contributed by atoms with Crippen LogP contribution in [0.2, 0.25) is 0 Å². The number of hydrogen-bond acceptors (Lipinski definition) is 1. The minimum Gasteiger partial charge on any atom is -0.318 e. The lowest BCUT2D eigenvalue weighted by Crippen LogP contribution is -2.43. The Labute approximate surface area is 151 Å². The zero-order chi connectivity index (χ0) is 18.6. The third-order valence-corrected chi connectivity index (χ3v) is 11.3. The minimum absolute atomic E-state index is 0.340. The average Bonchev–Trinajstić information content (AvgIpc) is 2.89. The van der Waals surface area contributed by atoms with Crippen LogP contribution in [0.15, 0.2) is 0 Å². The van der Waals surface area contributed by atoms with Gasteiger partial charge < -0.3 is 4.57 Å². The largest absolute Gasteiger partial charge is 0.318 e. The number of rotatable bonds is 0. The van der Waals surface area contributed by atoms with E-state index in [2.05, 4.69) is 60.0 Å². The molecule has 25 heavy (non-hydrogen) atoms. The van der Waals surface area contributed by atoms with E-state index in [4.69, 9.17) is 0 Å². The third-order valence-electron chi connectivity index (χ3n) is 7.52. The van der Waals surface area contributed by atoms with Crippen LogP contribution in [-0.4, -0.2) is 6.66 Å². The van der Waals surface area contributed by atoms with E-state index in [-0.39, 0.29) is 5.16 Å². The lowest BCUT2D eigenvalue weighted by molar-refractivity contribution is -0.679. The van der Waals surface area contributed by atoms with Crippen LogP contribution < -0.4 is 9.87 Å². The van der Waals surface area contributed by atoms with E-state index in [0.717, 1.165) is 11.8 Å². The molecule has 2 nitrogen and oxygen atoms in total. The highest BCUT2D eigenvalue weighted by Crippen LogP contribution is 2.67. The predicted octanol–water partition coefficient (Wildman–Crippen LogP) is 4.72. The average molecular weight is 354 g/mol. The molecule has 2 aliphatic rings. The Balaban J connectivity index is 2.36. The van der Waals surface area contributed by atoms with Crippen molar-refractivity contribution < 1.29 is 9.13 Å². The first kappa shape index (κ1) is 17.0. The zero-order valence-corrected chi connectivity index (χ0v) is 17.9. The van der Waals surface area contributed by atoms with E-state index in [9.17, 15) is 4.57 Å². The highest BCUT2D eigenvalue weighted by Gasteiger charge is 2.54. The quantitative estimate of drug-likeness (QED) is 0.423. The first-order valence-corrected chi connectivity index (χ1v) is 11.3. The number of nitrogens with zero attached hydrogens (tertiary/aromatic N) is 1. The minimum atomic E-state index is -2.57. The monoisotopic (exact) mass is 354 g/mol. The molecule has 3 heterocycles. The molecule has 0 saturated heterocycles. The van der Waals surface area contributed by atoms with E-state index in [1.165, 1.54) is 55.9 Å². The molecule has 0 amide bonds. The molecule has 1 unspecified atom stereocenters. The molecule has 0 aliphatic carbocycles. The third kappa shape index (κ3) is 1.68. The molecule has 132 valence electrons. The summed E-state index contributed by atoms with van der Waals surface area (Å²) in [5, 5.41) is 0.810. The number of pyridine rings is 1. The first-order valence-electron chi connectivity index (χ1n) is 9.19. The van der Waals surface area contributed by atoms with Gasteiger partial charge in [-0.25, -0.2) is 0 Å². The second kappa shape index (κ2) is 4.65. The second-order valence-corrected chi connectivity index (χ2v) is 12.1. The van der Waals surface area contributed by atoms with Crippen LogP contribution in [0.3, 0.4) is 0 Å². The van der Waals surface area contributed by atoms with Crippen LogP contribution in [-0.2, 0) is 16.3 Å². The molecule has 0 saturated carbocycles. The summed E-state index contributed by atoms with van der Waals surface area (Å²) in [6.07, 6.45) is 0. The Morgan fingerprint density at radius 1 is 0.880 bits per heavy atom. The molecule has 1 atom stereocenters. The molecule has 2 aromatic rings. The molecule has 1 aromatic heterocycles. The number of aromatic nitrogens is 1. The maximum absolute atomic E-state index is 14.3. The van der Waals surface area contributed by atoms with Crippen molar-refractivity contribution in [1.82, 2.24) is 0 Å². The van der Waals surface area contributed by atoms with Crippen LogP contribution in [0.1, 0.15) is 58.5 Å². The van der Waals surface area contributed by atoms with Gasteiger partial charge in [-0.1, -0.05) is 0 Å². The Kier molecular flexibility index (Phi) is 3.17. The highest BCUT2D eigenvalue weighted by molar-refractivity contribution is 7.72.